The van der Waals surface area contributed by atoms with Crippen LogP contribution in [0.15, 0.2) is 6.07 Å². The Bertz CT molecular complexity index is 462. The van der Waals surface area contributed by atoms with Gasteiger partial charge in [-0.3, -0.25) is 4.79 Å². The quantitative estimate of drug-likeness (QED) is 0.399. The van der Waals surface area contributed by atoms with Crippen molar-refractivity contribution in [3.63, 3.8) is 0 Å². The maximum atomic E-state index is 11.9. The largest absolute Gasteiger partial charge is 0.378 e. The van der Waals surface area contributed by atoms with Gasteiger partial charge < -0.3 is 26.1 Å². The first-order valence-corrected chi connectivity index (χ1v) is 6.39. The summed E-state index contributed by atoms with van der Waals surface area (Å²) in [4.78, 5) is 21.6. The summed E-state index contributed by atoms with van der Waals surface area (Å²) in [6.07, 6.45) is 0.384. The molecule has 1 saturated heterocycles. The van der Waals surface area contributed by atoms with Crippen molar-refractivity contribution >= 4 is 23.5 Å². The number of nitrogen functional groups attached to an aromatic ring is 2. The lowest BCUT2D eigenvalue weighted by Crippen LogP contribution is -2.41. The van der Waals surface area contributed by atoms with Gasteiger partial charge in [0.2, 0.25) is 11.9 Å². The Morgan fingerprint density at radius 1 is 1.35 bits per heavy atom. The number of carbonyl (C=O) groups is 1. The van der Waals surface area contributed by atoms with Crippen LogP contribution in [-0.2, 0) is 9.53 Å². The molecule has 2 rings (SSSR count). The molecule has 0 aromatic carbocycles. The summed E-state index contributed by atoms with van der Waals surface area (Å²) >= 11 is 0. The molecular formula is C11H19N7O2. The van der Waals surface area contributed by atoms with Crippen LogP contribution < -0.4 is 22.3 Å². The summed E-state index contributed by atoms with van der Waals surface area (Å²) in [5.74, 6) is 6.42. The minimum Gasteiger partial charge on any atom is -0.378 e. The lowest BCUT2D eigenvalue weighted by molar-refractivity contribution is -0.134. The van der Waals surface area contributed by atoms with Crippen molar-refractivity contribution < 1.29 is 9.53 Å². The standard InChI is InChI=1S/C11H19N7O2/c12-11-15-8(7-9(16-11)17-13)14-2-1-10(19)18-3-5-20-6-4-18/h7H,1-6,13H2,(H4,12,14,15,16,17). The Morgan fingerprint density at radius 3 is 2.75 bits per heavy atom. The first kappa shape index (κ1) is 14.3. The number of anilines is 3. The zero-order valence-corrected chi connectivity index (χ0v) is 11.1. The van der Waals surface area contributed by atoms with Crippen LogP contribution in [0.2, 0.25) is 0 Å². The Morgan fingerprint density at radius 2 is 2.05 bits per heavy atom. The molecule has 1 aliphatic heterocycles. The number of rotatable bonds is 5. The molecule has 1 aliphatic rings. The van der Waals surface area contributed by atoms with Crippen LogP contribution in [0.1, 0.15) is 6.42 Å². The number of hydrogen-bond donors (Lipinski definition) is 4. The number of aromatic nitrogens is 2. The van der Waals surface area contributed by atoms with Gasteiger partial charge in [-0.2, -0.15) is 9.97 Å². The fourth-order valence-electron chi connectivity index (χ4n) is 1.90. The second kappa shape index (κ2) is 6.87. The van der Waals surface area contributed by atoms with Gasteiger partial charge in [0.05, 0.1) is 13.2 Å². The maximum absolute atomic E-state index is 11.9. The Balaban J connectivity index is 1.80. The van der Waals surface area contributed by atoms with Crippen LogP contribution in [0, 0.1) is 0 Å². The summed E-state index contributed by atoms with van der Waals surface area (Å²) in [7, 11) is 0. The third-order valence-electron chi connectivity index (χ3n) is 2.90. The molecule has 6 N–H and O–H groups in total. The summed E-state index contributed by atoms with van der Waals surface area (Å²) in [6, 6.07) is 1.62. The third-order valence-corrected chi connectivity index (χ3v) is 2.90. The lowest BCUT2D eigenvalue weighted by atomic mass is 10.3. The molecule has 9 heteroatoms. The fraction of sp³-hybridized carbons (Fsp3) is 0.545. The Labute approximate surface area is 116 Å². The van der Waals surface area contributed by atoms with Crippen LogP contribution >= 0.6 is 0 Å². The minimum absolute atomic E-state index is 0.0972. The van der Waals surface area contributed by atoms with E-state index < -0.39 is 0 Å². The highest BCUT2D eigenvalue weighted by molar-refractivity contribution is 5.76. The van der Waals surface area contributed by atoms with Crippen molar-refractivity contribution in [1.82, 2.24) is 14.9 Å². The van der Waals surface area contributed by atoms with Crippen LogP contribution in [0.25, 0.3) is 0 Å². The molecule has 110 valence electrons. The number of hydrogen-bond acceptors (Lipinski definition) is 8. The summed E-state index contributed by atoms with van der Waals surface area (Å²) in [6.45, 7) is 2.98. The second-order valence-corrected chi connectivity index (χ2v) is 4.31. The predicted molar refractivity (Wildman–Crippen MR) is 74.8 cm³/mol. The molecule has 0 aliphatic carbocycles. The van der Waals surface area contributed by atoms with E-state index in [1.54, 1.807) is 11.0 Å². The van der Waals surface area contributed by atoms with Gasteiger partial charge in [-0.05, 0) is 0 Å². The summed E-state index contributed by atoms with van der Waals surface area (Å²) in [5, 5.41) is 3.02. The van der Waals surface area contributed by atoms with Crippen LogP contribution in [0.5, 0.6) is 0 Å². The molecule has 20 heavy (non-hydrogen) atoms. The fourth-order valence-corrected chi connectivity index (χ4v) is 1.90. The zero-order valence-electron chi connectivity index (χ0n) is 11.1. The van der Waals surface area contributed by atoms with Crippen LogP contribution in [0.4, 0.5) is 17.6 Å². The SMILES string of the molecule is NNc1cc(NCCC(=O)N2CCOCC2)nc(N)n1. The molecule has 0 saturated carbocycles. The molecule has 1 fully saturated rings. The van der Waals surface area contributed by atoms with E-state index in [-0.39, 0.29) is 11.9 Å². The van der Waals surface area contributed by atoms with E-state index in [0.29, 0.717) is 50.9 Å². The van der Waals surface area contributed by atoms with E-state index in [1.165, 1.54) is 0 Å². The molecule has 2 heterocycles. The molecule has 0 radical (unpaired) electrons. The molecule has 0 atom stereocenters. The number of ether oxygens (including phenoxy) is 1. The van der Waals surface area contributed by atoms with Gasteiger partial charge in [-0.15, -0.1) is 0 Å². The summed E-state index contributed by atoms with van der Waals surface area (Å²) < 4.78 is 5.20. The number of hydrazine groups is 1. The number of carbonyl (C=O) groups excluding carboxylic acids is 1. The monoisotopic (exact) mass is 281 g/mol. The van der Waals surface area contributed by atoms with E-state index in [2.05, 4.69) is 20.7 Å². The average molecular weight is 281 g/mol. The Hall–Kier alpha value is -2.13. The third kappa shape index (κ3) is 3.93. The van der Waals surface area contributed by atoms with Gasteiger partial charge in [-0.1, -0.05) is 0 Å². The second-order valence-electron chi connectivity index (χ2n) is 4.31. The van der Waals surface area contributed by atoms with Gasteiger partial charge in [0.25, 0.3) is 0 Å². The number of amides is 1. The normalized spacial score (nSPS) is 14.9. The van der Waals surface area contributed by atoms with Crippen molar-refractivity contribution in [2.75, 3.05) is 49.3 Å². The number of morpholine rings is 1. The van der Waals surface area contributed by atoms with Crippen LogP contribution in [0.3, 0.4) is 0 Å². The molecule has 1 aromatic heterocycles. The van der Waals surface area contributed by atoms with E-state index >= 15 is 0 Å². The van der Waals surface area contributed by atoms with E-state index in [0.717, 1.165) is 0 Å². The highest BCUT2D eigenvalue weighted by Crippen LogP contribution is 2.11. The molecule has 1 aromatic rings. The first-order valence-electron chi connectivity index (χ1n) is 6.39. The lowest BCUT2D eigenvalue weighted by Gasteiger charge is -2.26. The van der Waals surface area contributed by atoms with Crippen molar-refractivity contribution in [3.8, 4) is 0 Å². The predicted octanol–water partition coefficient (Wildman–Crippen LogP) is -0.995. The minimum atomic E-state index is 0.0972. The number of nitrogens with zero attached hydrogens (tertiary/aromatic N) is 3. The number of nitrogens with two attached hydrogens (primary N) is 2. The van der Waals surface area contributed by atoms with Gasteiger partial charge in [-0.25, -0.2) is 5.84 Å². The van der Waals surface area contributed by atoms with Gasteiger partial charge in [0.1, 0.15) is 11.6 Å². The Kier molecular flexibility index (Phi) is 4.91. The molecule has 0 spiro atoms. The highest BCUT2D eigenvalue weighted by atomic mass is 16.5. The smallest absolute Gasteiger partial charge is 0.224 e. The van der Waals surface area contributed by atoms with Crippen LogP contribution in [-0.4, -0.2) is 53.6 Å². The van der Waals surface area contributed by atoms with Crippen molar-refractivity contribution in [1.29, 1.82) is 0 Å². The molecule has 0 bridgehead atoms. The number of nitrogens with one attached hydrogen (secondary N) is 2. The average Bonchev–Trinajstić information content (AvgIpc) is 2.47. The molecule has 0 unspecified atom stereocenters. The molecule has 1 amide bonds. The van der Waals surface area contributed by atoms with Gasteiger partial charge >= 0.3 is 0 Å². The first-order chi connectivity index (χ1) is 9.69. The molecule has 9 nitrogen and oxygen atoms in total. The van der Waals surface area contributed by atoms with Crippen molar-refractivity contribution in [3.05, 3.63) is 6.07 Å². The van der Waals surface area contributed by atoms with Gasteiger partial charge in [0, 0.05) is 32.1 Å². The van der Waals surface area contributed by atoms with E-state index in [1.807, 2.05) is 0 Å². The highest BCUT2D eigenvalue weighted by Gasteiger charge is 2.16. The summed E-state index contributed by atoms with van der Waals surface area (Å²) in [5.41, 5.74) is 7.94. The van der Waals surface area contributed by atoms with E-state index in [9.17, 15) is 4.79 Å². The maximum Gasteiger partial charge on any atom is 0.224 e. The van der Waals surface area contributed by atoms with Crippen molar-refractivity contribution in [2.45, 2.75) is 6.42 Å². The van der Waals surface area contributed by atoms with Gasteiger partial charge in [0.15, 0.2) is 0 Å². The molecular weight excluding hydrogens is 262 g/mol. The van der Waals surface area contributed by atoms with Crippen molar-refractivity contribution in [2.24, 2.45) is 5.84 Å². The zero-order chi connectivity index (χ0) is 14.4. The topological polar surface area (TPSA) is 131 Å². The van der Waals surface area contributed by atoms with E-state index in [4.69, 9.17) is 16.3 Å².